The van der Waals surface area contributed by atoms with Crippen molar-refractivity contribution in [3.63, 3.8) is 0 Å². The highest BCUT2D eigenvalue weighted by atomic mass is 35.5. The molecule has 1 fully saturated rings. The lowest BCUT2D eigenvalue weighted by Crippen LogP contribution is -2.29. The molecule has 1 aliphatic heterocycles. The second kappa shape index (κ2) is 9.96. The number of rotatable bonds is 5. The fourth-order valence-corrected chi connectivity index (χ4v) is 4.66. The van der Waals surface area contributed by atoms with E-state index in [-0.39, 0.29) is 28.3 Å². The summed E-state index contributed by atoms with van der Waals surface area (Å²) in [4.78, 5) is 32.1. The Labute approximate surface area is 220 Å². The minimum Gasteiger partial charge on any atom is -0.507 e. The lowest BCUT2D eigenvalue weighted by molar-refractivity contribution is -0.140. The van der Waals surface area contributed by atoms with E-state index in [1.165, 1.54) is 4.90 Å². The number of hydrogen-bond acceptors (Lipinski definition) is 5. The molecule has 4 rings (SSSR count). The second-order valence-electron chi connectivity index (χ2n) is 9.63. The largest absolute Gasteiger partial charge is 0.507 e. The van der Waals surface area contributed by atoms with Crippen LogP contribution in [-0.4, -0.2) is 33.8 Å². The Bertz CT molecular complexity index is 1360. The van der Waals surface area contributed by atoms with Crippen molar-refractivity contribution in [2.24, 2.45) is 0 Å². The van der Waals surface area contributed by atoms with Crippen molar-refractivity contribution in [2.75, 3.05) is 7.11 Å². The van der Waals surface area contributed by atoms with Crippen LogP contribution in [0.2, 0.25) is 10.0 Å². The highest BCUT2D eigenvalue weighted by Crippen LogP contribution is 2.42. The molecule has 186 valence electrons. The number of ether oxygens (including phenoxy) is 1. The third-order valence-electron chi connectivity index (χ3n) is 6.16. The van der Waals surface area contributed by atoms with E-state index in [1.807, 2.05) is 26.8 Å². The summed E-state index contributed by atoms with van der Waals surface area (Å²) in [6.07, 6.45) is 3.26. The number of benzene rings is 2. The van der Waals surface area contributed by atoms with Crippen LogP contribution in [0.25, 0.3) is 5.76 Å². The van der Waals surface area contributed by atoms with Gasteiger partial charge in [0.1, 0.15) is 11.5 Å². The number of carbonyl (C=O) groups is 2. The Kier molecular flexibility index (Phi) is 7.12. The Balaban J connectivity index is 1.91. The fourth-order valence-electron chi connectivity index (χ4n) is 4.36. The molecule has 1 aliphatic rings. The van der Waals surface area contributed by atoms with Crippen molar-refractivity contribution < 1.29 is 19.4 Å². The summed E-state index contributed by atoms with van der Waals surface area (Å²) in [5.41, 5.74) is 2.24. The fraction of sp³-hybridized carbons (Fsp3) is 0.250. The van der Waals surface area contributed by atoms with Gasteiger partial charge < -0.3 is 14.7 Å². The normalized spacial score (nSPS) is 17.5. The van der Waals surface area contributed by atoms with Crippen LogP contribution in [-0.2, 0) is 21.5 Å². The van der Waals surface area contributed by atoms with Gasteiger partial charge in [-0.1, -0.05) is 56.1 Å². The number of hydrogen-bond donors (Lipinski definition) is 1. The monoisotopic (exact) mass is 524 g/mol. The average molecular weight is 525 g/mol. The van der Waals surface area contributed by atoms with Crippen LogP contribution in [0.4, 0.5) is 0 Å². The lowest BCUT2D eigenvalue weighted by Gasteiger charge is -2.26. The van der Waals surface area contributed by atoms with Crippen LogP contribution in [0.1, 0.15) is 49.1 Å². The van der Waals surface area contributed by atoms with Crippen molar-refractivity contribution in [1.29, 1.82) is 0 Å². The number of amides is 1. The number of nitrogens with zero attached hydrogens (tertiary/aromatic N) is 2. The third-order valence-corrected chi connectivity index (χ3v) is 6.90. The van der Waals surface area contributed by atoms with E-state index in [0.29, 0.717) is 21.9 Å². The molecule has 0 bridgehead atoms. The van der Waals surface area contributed by atoms with Gasteiger partial charge >= 0.3 is 0 Å². The first-order valence-electron chi connectivity index (χ1n) is 11.3. The molecule has 2 aromatic carbocycles. The number of aliphatic hydroxyl groups excluding tert-OH is 1. The van der Waals surface area contributed by atoms with E-state index in [0.717, 1.165) is 11.1 Å². The smallest absolute Gasteiger partial charge is 0.295 e. The minimum atomic E-state index is -0.875. The lowest BCUT2D eigenvalue weighted by atomic mass is 9.84. The second-order valence-corrected chi connectivity index (χ2v) is 10.4. The number of ketones is 1. The number of halogens is 2. The van der Waals surface area contributed by atoms with Crippen LogP contribution in [0, 0.1) is 0 Å². The molecule has 0 aliphatic carbocycles. The molecule has 36 heavy (non-hydrogen) atoms. The molecule has 6 nitrogen and oxygen atoms in total. The molecule has 8 heteroatoms. The van der Waals surface area contributed by atoms with Crippen LogP contribution >= 0.6 is 23.2 Å². The summed E-state index contributed by atoms with van der Waals surface area (Å²) in [6.45, 7) is 6.20. The van der Waals surface area contributed by atoms with Crippen LogP contribution in [0.5, 0.6) is 5.75 Å². The van der Waals surface area contributed by atoms with Crippen molar-refractivity contribution in [3.8, 4) is 5.75 Å². The molecule has 0 spiro atoms. The number of aromatic nitrogens is 1. The first-order chi connectivity index (χ1) is 17.0. The number of Topliss-reactive ketones (excluding diaryl/α,β-unsaturated/α-hetero) is 1. The molecular weight excluding hydrogens is 499 g/mol. The van der Waals surface area contributed by atoms with Gasteiger partial charge in [-0.3, -0.25) is 14.6 Å². The zero-order valence-corrected chi connectivity index (χ0v) is 21.9. The van der Waals surface area contributed by atoms with E-state index in [2.05, 4.69) is 4.98 Å². The Morgan fingerprint density at radius 2 is 1.83 bits per heavy atom. The standard InChI is InChI=1S/C28H26Cl2N2O4/c1-28(2,3)19-12-18(8-10-22(19)36-4)25(33)23-24(17-7-9-20(29)21(30)13-17)32(27(35)26(23)34)15-16-6-5-11-31-14-16/h5-14,24,33H,15H2,1-4H3/b25-23-. The van der Waals surface area contributed by atoms with Gasteiger partial charge in [0.25, 0.3) is 11.7 Å². The van der Waals surface area contributed by atoms with Gasteiger partial charge in [0.05, 0.1) is 28.8 Å². The summed E-state index contributed by atoms with van der Waals surface area (Å²) < 4.78 is 5.51. The quantitative estimate of drug-likeness (QED) is 0.240. The molecule has 0 radical (unpaired) electrons. The number of aliphatic hydroxyl groups is 1. The molecule has 1 N–H and O–H groups in total. The maximum absolute atomic E-state index is 13.4. The molecule has 1 atom stereocenters. The molecule has 3 aromatic rings. The van der Waals surface area contributed by atoms with Gasteiger partial charge in [-0.2, -0.15) is 0 Å². The molecule has 2 heterocycles. The first kappa shape index (κ1) is 25.7. The molecule has 0 saturated carbocycles. The third kappa shape index (κ3) is 4.84. The molecule has 1 amide bonds. The Morgan fingerprint density at radius 1 is 1.08 bits per heavy atom. The van der Waals surface area contributed by atoms with E-state index >= 15 is 0 Å². The van der Waals surface area contributed by atoms with Crippen LogP contribution < -0.4 is 4.74 Å². The zero-order chi connectivity index (χ0) is 26.2. The molecule has 1 unspecified atom stereocenters. The van der Waals surface area contributed by atoms with E-state index < -0.39 is 17.7 Å². The highest BCUT2D eigenvalue weighted by molar-refractivity contribution is 6.46. The number of methoxy groups -OCH3 is 1. The summed E-state index contributed by atoms with van der Waals surface area (Å²) in [7, 11) is 1.58. The number of carbonyl (C=O) groups excluding carboxylic acids is 2. The predicted molar refractivity (Wildman–Crippen MR) is 140 cm³/mol. The van der Waals surface area contributed by atoms with Gasteiger partial charge in [-0.05, 0) is 52.9 Å². The molecule has 1 saturated heterocycles. The maximum atomic E-state index is 13.4. The molecule has 1 aromatic heterocycles. The van der Waals surface area contributed by atoms with Gasteiger partial charge in [0.2, 0.25) is 0 Å². The van der Waals surface area contributed by atoms with Crippen LogP contribution in [0.15, 0.2) is 66.5 Å². The van der Waals surface area contributed by atoms with Gasteiger partial charge in [0.15, 0.2) is 0 Å². The van der Waals surface area contributed by atoms with Crippen molar-refractivity contribution in [2.45, 2.75) is 38.8 Å². The highest BCUT2D eigenvalue weighted by Gasteiger charge is 2.46. The van der Waals surface area contributed by atoms with E-state index in [1.54, 1.807) is 62.0 Å². The van der Waals surface area contributed by atoms with Gasteiger partial charge in [0, 0.05) is 30.1 Å². The summed E-state index contributed by atoms with van der Waals surface area (Å²) >= 11 is 12.4. The van der Waals surface area contributed by atoms with Crippen molar-refractivity contribution >= 4 is 40.7 Å². The number of likely N-dealkylation sites (tertiary alicyclic amines) is 1. The topological polar surface area (TPSA) is 79.7 Å². The SMILES string of the molecule is COc1ccc(/C(O)=C2/C(=O)C(=O)N(Cc3cccnc3)C2c2ccc(Cl)c(Cl)c2)cc1C(C)(C)C. The average Bonchev–Trinajstić information content (AvgIpc) is 3.10. The number of pyridine rings is 1. The summed E-state index contributed by atoms with van der Waals surface area (Å²) in [6, 6.07) is 12.8. The first-order valence-corrected chi connectivity index (χ1v) is 12.1. The summed E-state index contributed by atoms with van der Waals surface area (Å²) in [5, 5.41) is 12.1. The van der Waals surface area contributed by atoms with Crippen molar-refractivity contribution in [3.05, 3.63) is 98.8 Å². The van der Waals surface area contributed by atoms with Crippen molar-refractivity contribution in [1.82, 2.24) is 9.88 Å². The maximum Gasteiger partial charge on any atom is 0.295 e. The zero-order valence-electron chi connectivity index (χ0n) is 20.4. The predicted octanol–water partition coefficient (Wildman–Crippen LogP) is 6.32. The molecular formula is C28H26Cl2N2O4. The Hall–Kier alpha value is -3.35. The van der Waals surface area contributed by atoms with E-state index in [9.17, 15) is 14.7 Å². The summed E-state index contributed by atoms with van der Waals surface area (Å²) in [5.74, 6) is -1.11. The van der Waals surface area contributed by atoms with Gasteiger partial charge in [-0.25, -0.2) is 0 Å². The van der Waals surface area contributed by atoms with Crippen LogP contribution in [0.3, 0.4) is 0 Å². The minimum absolute atomic E-state index is 0.0210. The van der Waals surface area contributed by atoms with E-state index in [4.69, 9.17) is 27.9 Å². The Morgan fingerprint density at radius 3 is 2.44 bits per heavy atom. The van der Waals surface area contributed by atoms with Gasteiger partial charge in [-0.15, -0.1) is 0 Å².